The molecule has 2 N–H and O–H groups in total. The minimum absolute atomic E-state index is 0.283. The van der Waals surface area contributed by atoms with Crippen LogP contribution < -0.4 is 5.32 Å². The number of likely N-dealkylation sites (N-methyl/N-ethyl adjacent to an activating group) is 1. The summed E-state index contributed by atoms with van der Waals surface area (Å²) in [6, 6.07) is -0.283. The number of rotatable bonds is 6. The summed E-state index contributed by atoms with van der Waals surface area (Å²) in [5, 5.41) is 11.8. The van der Waals surface area contributed by atoms with E-state index >= 15 is 0 Å². The van der Waals surface area contributed by atoms with Crippen molar-refractivity contribution in [1.82, 2.24) is 20.0 Å². The van der Waals surface area contributed by atoms with Gasteiger partial charge in [-0.15, -0.1) is 0 Å². The van der Waals surface area contributed by atoms with E-state index < -0.39 is 11.5 Å². The van der Waals surface area contributed by atoms with Gasteiger partial charge in [-0.1, -0.05) is 6.92 Å². The summed E-state index contributed by atoms with van der Waals surface area (Å²) in [7, 11) is 4.09. The number of hydrogen-bond acceptors (Lipinski definition) is 4. The minimum Gasteiger partial charge on any atom is -0.480 e. The molecule has 0 aromatic heterocycles. The molecule has 0 bridgehead atoms. The maximum Gasteiger partial charge on any atom is 0.329 e. The first kappa shape index (κ1) is 17.7. The monoisotopic (exact) mass is 300 g/mol. The number of urea groups is 1. The van der Waals surface area contributed by atoms with Gasteiger partial charge in [0.2, 0.25) is 0 Å². The van der Waals surface area contributed by atoms with E-state index in [9.17, 15) is 14.7 Å². The number of carbonyl (C=O) groups excluding carboxylic acids is 1. The maximum absolute atomic E-state index is 12.2. The van der Waals surface area contributed by atoms with Gasteiger partial charge in [-0.05, 0) is 27.4 Å². The van der Waals surface area contributed by atoms with Crippen molar-refractivity contribution in [3.63, 3.8) is 0 Å². The van der Waals surface area contributed by atoms with E-state index in [1.165, 1.54) is 0 Å². The van der Waals surface area contributed by atoms with Crippen molar-refractivity contribution in [2.45, 2.75) is 25.8 Å². The number of nitrogens with zero attached hydrogens (tertiary/aromatic N) is 3. The molecule has 7 heteroatoms. The van der Waals surface area contributed by atoms with Crippen molar-refractivity contribution >= 4 is 12.0 Å². The number of piperazine rings is 1. The molecule has 1 aliphatic rings. The summed E-state index contributed by atoms with van der Waals surface area (Å²) in [5.41, 5.74) is -1.20. The third kappa shape index (κ3) is 5.17. The number of hydrogen-bond donors (Lipinski definition) is 2. The van der Waals surface area contributed by atoms with E-state index in [0.29, 0.717) is 19.5 Å². The quantitative estimate of drug-likeness (QED) is 0.729. The third-order valence-electron chi connectivity index (χ3n) is 4.08. The Hall–Kier alpha value is -1.34. The smallest absolute Gasteiger partial charge is 0.329 e. The molecule has 122 valence electrons. The minimum atomic E-state index is -1.20. The van der Waals surface area contributed by atoms with Crippen LogP contribution in [0.5, 0.6) is 0 Å². The summed E-state index contributed by atoms with van der Waals surface area (Å²) < 4.78 is 0. The van der Waals surface area contributed by atoms with Crippen LogP contribution in [0.25, 0.3) is 0 Å². The molecule has 0 aliphatic carbocycles. The molecule has 1 saturated heterocycles. The Bertz CT molecular complexity index is 367. The number of aliphatic carboxylic acids is 1. The van der Waals surface area contributed by atoms with Gasteiger partial charge < -0.3 is 20.2 Å². The van der Waals surface area contributed by atoms with Gasteiger partial charge in [-0.3, -0.25) is 4.90 Å². The molecule has 0 aromatic carbocycles. The Labute approximate surface area is 126 Å². The maximum atomic E-state index is 12.2. The lowest BCUT2D eigenvalue weighted by molar-refractivity contribution is -0.143. The first-order valence-electron chi connectivity index (χ1n) is 7.46. The average Bonchev–Trinajstić information content (AvgIpc) is 2.45. The number of carboxylic acid groups (broad SMARTS) is 1. The highest BCUT2D eigenvalue weighted by molar-refractivity contribution is 5.85. The van der Waals surface area contributed by atoms with Gasteiger partial charge >= 0.3 is 12.0 Å². The second-order valence-electron chi connectivity index (χ2n) is 6.05. The van der Waals surface area contributed by atoms with Crippen molar-refractivity contribution in [2.24, 2.45) is 0 Å². The highest BCUT2D eigenvalue weighted by Gasteiger charge is 2.34. The highest BCUT2D eigenvalue weighted by Crippen LogP contribution is 2.11. The molecule has 21 heavy (non-hydrogen) atoms. The number of amides is 2. The Morgan fingerprint density at radius 2 is 1.81 bits per heavy atom. The molecule has 0 aromatic rings. The van der Waals surface area contributed by atoms with E-state index in [2.05, 4.69) is 15.1 Å². The first-order chi connectivity index (χ1) is 9.78. The van der Waals surface area contributed by atoms with Crippen molar-refractivity contribution in [3.05, 3.63) is 0 Å². The molecule has 1 aliphatic heterocycles. The standard InChI is InChI=1S/C14H28N4O3/c1-5-14(2,12(19)20)15-13(21)18-10-8-17(9-11-18)7-6-16(3)4/h5-11H2,1-4H3,(H,15,21)(H,19,20). The summed E-state index contributed by atoms with van der Waals surface area (Å²) in [6.45, 7) is 8.23. The predicted octanol–water partition coefficient (Wildman–Crippen LogP) is 0.129. The molecule has 1 rings (SSSR count). The van der Waals surface area contributed by atoms with Crippen LogP contribution in [-0.2, 0) is 4.79 Å². The van der Waals surface area contributed by atoms with Crippen LogP contribution in [0, 0.1) is 0 Å². The fraction of sp³-hybridized carbons (Fsp3) is 0.857. The fourth-order valence-corrected chi connectivity index (χ4v) is 2.12. The topological polar surface area (TPSA) is 76.1 Å². The Kier molecular flexibility index (Phi) is 6.42. The molecule has 1 atom stereocenters. The molecule has 7 nitrogen and oxygen atoms in total. The number of carbonyl (C=O) groups is 2. The highest BCUT2D eigenvalue weighted by atomic mass is 16.4. The van der Waals surface area contributed by atoms with Crippen LogP contribution in [0.1, 0.15) is 20.3 Å². The number of carboxylic acids is 1. The van der Waals surface area contributed by atoms with Crippen molar-refractivity contribution in [3.8, 4) is 0 Å². The first-order valence-corrected chi connectivity index (χ1v) is 7.46. The van der Waals surface area contributed by atoms with Gasteiger partial charge in [0.1, 0.15) is 5.54 Å². The Morgan fingerprint density at radius 3 is 2.24 bits per heavy atom. The van der Waals surface area contributed by atoms with E-state index in [1.54, 1.807) is 18.7 Å². The van der Waals surface area contributed by atoms with Crippen molar-refractivity contribution in [1.29, 1.82) is 0 Å². The van der Waals surface area contributed by atoms with E-state index in [0.717, 1.165) is 26.2 Å². The molecular weight excluding hydrogens is 272 g/mol. The Morgan fingerprint density at radius 1 is 1.24 bits per heavy atom. The van der Waals surface area contributed by atoms with Gasteiger partial charge in [0.15, 0.2) is 0 Å². The zero-order valence-corrected chi connectivity index (χ0v) is 13.6. The van der Waals surface area contributed by atoms with Gasteiger partial charge in [-0.25, -0.2) is 9.59 Å². The molecule has 1 unspecified atom stereocenters. The number of nitrogens with one attached hydrogen (secondary N) is 1. The average molecular weight is 300 g/mol. The molecule has 0 radical (unpaired) electrons. The summed E-state index contributed by atoms with van der Waals surface area (Å²) in [6.07, 6.45) is 0.358. The summed E-state index contributed by atoms with van der Waals surface area (Å²) >= 11 is 0. The zero-order chi connectivity index (χ0) is 16.0. The lowest BCUT2D eigenvalue weighted by Crippen LogP contribution is -2.59. The zero-order valence-electron chi connectivity index (χ0n) is 13.6. The SMILES string of the molecule is CCC(C)(NC(=O)N1CCN(CCN(C)C)CC1)C(=O)O. The lowest BCUT2D eigenvalue weighted by atomic mass is 10.00. The van der Waals surface area contributed by atoms with Crippen LogP contribution >= 0.6 is 0 Å². The van der Waals surface area contributed by atoms with Crippen LogP contribution in [0.2, 0.25) is 0 Å². The predicted molar refractivity (Wildman–Crippen MR) is 81.4 cm³/mol. The van der Waals surface area contributed by atoms with Crippen LogP contribution in [0.4, 0.5) is 4.79 Å². The molecule has 2 amide bonds. The Balaban J connectivity index is 2.43. The summed E-state index contributed by atoms with van der Waals surface area (Å²) in [4.78, 5) is 29.6. The molecule has 0 spiro atoms. The van der Waals surface area contributed by atoms with E-state index in [1.807, 2.05) is 14.1 Å². The van der Waals surface area contributed by atoms with E-state index in [4.69, 9.17) is 0 Å². The summed E-state index contributed by atoms with van der Waals surface area (Å²) in [5.74, 6) is -0.997. The normalized spacial score (nSPS) is 19.4. The van der Waals surface area contributed by atoms with Crippen LogP contribution in [0.3, 0.4) is 0 Å². The second kappa shape index (κ2) is 7.61. The molecule has 0 saturated carbocycles. The molecule has 1 heterocycles. The fourth-order valence-electron chi connectivity index (χ4n) is 2.12. The second-order valence-corrected chi connectivity index (χ2v) is 6.05. The molecular formula is C14H28N4O3. The van der Waals surface area contributed by atoms with E-state index in [-0.39, 0.29) is 6.03 Å². The van der Waals surface area contributed by atoms with Crippen LogP contribution in [-0.4, -0.2) is 90.7 Å². The van der Waals surface area contributed by atoms with Gasteiger partial charge in [0.25, 0.3) is 0 Å². The third-order valence-corrected chi connectivity index (χ3v) is 4.08. The van der Waals surface area contributed by atoms with Gasteiger partial charge in [-0.2, -0.15) is 0 Å². The van der Waals surface area contributed by atoms with Crippen molar-refractivity contribution < 1.29 is 14.7 Å². The van der Waals surface area contributed by atoms with Gasteiger partial charge in [0.05, 0.1) is 0 Å². The lowest BCUT2D eigenvalue weighted by Gasteiger charge is -2.37. The molecule has 1 fully saturated rings. The van der Waals surface area contributed by atoms with Crippen molar-refractivity contribution in [2.75, 3.05) is 53.4 Å². The van der Waals surface area contributed by atoms with Gasteiger partial charge in [0, 0.05) is 39.3 Å². The van der Waals surface area contributed by atoms with Crippen LogP contribution in [0.15, 0.2) is 0 Å². The largest absolute Gasteiger partial charge is 0.480 e.